The van der Waals surface area contributed by atoms with Crippen LogP contribution in [0.1, 0.15) is 44.2 Å². The summed E-state index contributed by atoms with van der Waals surface area (Å²) in [7, 11) is 0. The predicted molar refractivity (Wildman–Crippen MR) is 69.4 cm³/mol. The summed E-state index contributed by atoms with van der Waals surface area (Å²) < 4.78 is 6.28. The molecule has 2 aliphatic rings. The summed E-state index contributed by atoms with van der Waals surface area (Å²) in [6, 6.07) is 5.83. The Morgan fingerprint density at radius 2 is 2.29 bits per heavy atom. The molecule has 1 saturated carbocycles. The summed E-state index contributed by atoms with van der Waals surface area (Å²) in [6.45, 7) is 2.28. The lowest BCUT2D eigenvalue weighted by Crippen LogP contribution is -2.44. The number of halogens is 1. The third kappa shape index (κ3) is 1.74. The summed E-state index contributed by atoms with van der Waals surface area (Å²) in [6.07, 6.45) is 4.54. The van der Waals surface area contributed by atoms with Crippen LogP contribution in [0.4, 0.5) is 0 Å². The van der Waals surface area contributed by atoms with E-state index in [9.17, 15) is 0 Å². The van der Waals surface area contributed by atoms with Crippen molar-refractivity contribution in [3.8, 4) is 5.75 Å². The Balaban J connectivity index is 2.01. The Morgan fingerprint density at radius 3 is 3.00 bits per heavy atom. The summed E-state index contributed by atoms with van der Waals surface area (Å²) in [5.41, 5.74) is 7.32. The maximum atomic E-state index is 6.29. The zero-order chi connectivity index (χ0) is 12.0. The molecule has 1 aliphatic heterocycles. The minimum Gasteiger partial charge on any atom is -0.487 e. The van der Waals surface area contributed by atoms with E-state index in [2.05, 4.69) is 6.92 Å². The number of nitrogens with two attached hydrogens (primary N) is 1. The SMILES string of the molecule is CC1CCCC12CC(N)c1cc(Cl)ccc1O2. The van der Waals surface area contributed by atoms with E-state index in [-0.39, 0.29) is 11.6 Å². The maximum Gasteiger partial charge on any atom is 0.125 e. The number of hydrogen-bond donors (Lipinski definition) is 1. The first-order valence-electron chi connectivity index (χ1n) is 6.35. The fourth-order valence-electron chi connectivity index (χ4n) is 3.32. The van der Waals surface area contributed by atoms with Crippen molar-refractivity contribution < 1.29 is 4.74 Å². The quantitative estimate of drug-likeness (QED) is 0.763. The van der Waals surface area contributed by atoms with Gasteiger partial charge in [0, 0.05) is 23.0 Å². The first-order chi connectivity index (χ1) is 8.11. The second-order valence-corrected chi connectivity index (χ2v) is 5.89. The molecular formula is C14H18ClNO. The average Bonchev–Trinajstić information content (AvgIpc) is 2.62. The van der Waals surface area contributed by atoms with Crippen LogP contribution in [0.25, 0.3) is 0 Å². The number of ether oxygens (including phenoxy) is 1. The van der Waals surface area contributed by atoms with Crippen molar-refractivity contribution in [2.75, 3.05) is 0 Å². The third-order valence-electron chi connectivity index (χ3n) is 4.39. The molecule has 1 spiro atoms. The molecule has 17 heavy (non-hydrogen) atoms. The molecule has 0 saturated heterocycles. The van der Waals surface area contributed by atoms with Crippen molar-refractivity contribution in [1.29, 1.82) is 0 Å². The number of rotatable bonds is 0. The highest BCUT2D eigenvalue weighted by atomic mass is 35.5. The largest absolute Gasteiger partial charge is 0.487 e. The van der Waals surface area contributed by atoms with Gasteiger partial charge in [-0.05, 0) is 43.4 Å². The molecule has 3 rings (SSSR count). The van der Waals surface area contributed by atoms with Gasteiger partial charge in [0.25, 0.3) is 0 Å². The standard InChI is InChI=1S/C14H18ClNO/c1-9-3-2-6-14(9)8-12(16)11-7-10(15)4-5-13(11)17-14/h4-5,7,9,12H,2-3,6,8,16H2,1H3. The van der Waals surface area contributed by atoms with Crippen LogP contribution in [0, 0.1) is 5.92 Å². The Hall–Kier alpha value is -0.730. The summed E-state index contributed by atoms with van der Waals surface area (Å²) >= 11 is 6.01. The van der Waals surface area contributed by atoms with E-state index in [4.69, 9.17) is 22.1 Å². The molecule has 3 unspecified atom stereocenters. The molecule has 0 aromatic heterocycles. The monoisotopic (exact) mass is 251 g/mol. The Bertz CT molecular complexity index is 448. The molecule has 1 aliphatic carbocycles. The van der Waals surface area contributed by atoms with E-state index in [1.54, 1.807) is 0 Å². The Morgan fingerprint density at radius 1 is 1.47 bits per heavy atom. The van der Waals surface area contributed by atoms with Crippen molar-refractivity contribution in [1.82, 2.24) is 0 Å². The van der Waals surface area contributed by atoms with Gasteiger partial charge in [-0.25, -0.2) is 0 Å². The van der Waals surface area contributed by atoms with Gasteiger partial charge < -0.3 is 10.5 Å². The second-order valence-electron chi connectivity index (χ2n) is 5.45. The van der Waals surface area contributed by atoms with E-state index in [1.807, 2.05) is 18.2 Å². The van der Waals surface area contributed by atoms with Crippen LogP contribution in [0.5, 0.6) is 5.75 Å². The second kappa shape index (κ2) is 3.89. The fraction of sp³-hybridized carbons (Fsp3) is 0.571. The lowest BCUT2D eigenvalue weighted by atomic mass is 9.81. The summed E-state index contributed by atoms with van der Waals surface area (Å²) in [5, 5.41) is 0.734. The van der Waals surface area contributed by atoms with Crippen molar-refractivity contribution in [3.05, 3.63) is 28.8 Å². The zero-order valence-electron chi connectivity index (χ0n) is 10.1. The van der Waals surface area contributed by atoms with Crippen molar-refractivity contribution in [3.63, 3.8) is 0 Å². The molecule has 2 nitrogen and oxygen atoms in total. The topological polar surface area (TPSA) is 35.2 Å². The molecule has 92 valence electrons. The normalized spacial score (nSPS) is 35.7. The van der Waals surface area contributed by atoms with Gasteiger partial charge in [-0.3, -0.25) is 0 Å². The van der Waals surface area contributed by atoms with E-state index >= 15 is 0 Å². The molecule has 1 heterocycles. The first kappa shape index (κ1) is 11.4. The Labute approximate surface area is 107 Å². The summed E-state index contributed by atoms with van der Waals surface area (Å²) in [4.78, 5) is 0. The van der Waals surface area contributed by atoms with Crippen LogP contribution in [0.3, 0.4) is 0 Å². The van der Waals surface area contributed by atoms with Gasteiger partial charge >= 0.3 is 0 Å². The van der Waals surface area contributed by atoms with Crippen LogP contribution in [-0.2, 0) is 0 Å². The van der Waals surface area contributed by atoms with Gasteiger partial charge in [-0.2, -0.15) is 0 Å². The maximum absolute atomic E-state index is 6.29. The molecule has 1 aromatic rings. The average molecular weight is 252 g/mol. The number of fused-ring (bicyclic) bond motifs is 1. The van der Waals surface area contributed by atoms with E-state index in [0.29, 0.717) is 5.92 Å². The van der Waals surface area contributed by atoms with Crippen LogP contribution in [0.2, 0.25) is 5.02 Å². The highest BCUT2D eigenvalue weighted by Gasteiger charge is 2.46. The van der Waals surface area contributed by atoms with Crippen molar-refractivity contribution >= 4 is 11.6 Å². The third-order valence-corrected chi connectivity index (χ3v) is 4.62. The van der Waals surface area contributed by atoms with Crippen LogP contribution < -0.4 is 10.5 Å². The van der Waals surface area contributed by atoms with Crippen LogP contribution >= 0.6 is 11.6 Å². The number of hydrogen-bond acceptors (Lipinski definition) is 2. The number of benzene rings is 1. The molecule has 0 bridgehead atoms. The van der Waals surface area contributed by atoms with E-state index in [0.717, 1.165) is 29.2 Å². The highest BCUT2D eigenvalue weighted by molar-refractivity contribution is 6.30. The highest BCUT2D eigenvalue weighted by Crippen LogP contribution is 2.49. The lowest BCUT2D eigenvalue weighted by Gasteiger charge is -2.41. The molecule has 0 amide bonds. The minimum absolute atomic E-state index is 0.0275. The van der Waals surface area contributed by atoms with Crippen LogP contribution in [-0.4, -0.2) is 5.60 Å². The Kier molecular flexibility index (Phi) is 2.60. The van der Waals surface area contributed by atoms with E-state index < -0.39 is 0 Å². The minimum atomic E-state index is -0.0275. The van der Waals surface area contributed by atoms with Crippen LogP contribution in [0.15, 0.2) is 18.2 Å². The van der Waals surface area contributed by atoms with Crippen molar-refractivity contribution in [2.45, 2.75) is 44.2 Å². The fourth-order valence-corrected chi connectivity index (χ4v) is 3.50. The zero-order valence-corrected chi connectivity index (χ0v) is 10.8. The first-order valence-corrected chi connectivity index (χ1v) is 6.72. The van der Waals surface area contributed by atoms with Gasteiger partial charge in [0.1, 0.15) is 11.4 Å². The van der Waals surface area contributed by atoms with Gasteiger partial charge in [0.05, 0.1) is 0 Å². The molecule has 2 N–H and O–H groups in total. The van der Waals surface area contributed by atoms with Crippen molar-refractivity contribution in [2.24, 2.45) is 11.7 Å². The van der Waals surface area contributed by atoms with Gasteiger partial charge in [-0.1, -0.05) is 18.5 Å². The van der Waals surface area contributed by atoms with Gasteiger partial charge in [0.15, 0.2) is 0 Å². The lowest BCUT2D eigenvalue weighted by molar-refractivity contribution is 0.00668. The molecule has 3 atom stereocenters. The van der Waals surface area contributed by atoms with Gasteiger partial charge in [-0.15, -0.1) is 0 Å². The smallest absolute Gasteiger partial charge is 0.125 e. The summed E-state index contributed by atoms with van der Waals surface area (Å²) in [5.74, 6) is 1.53. The molecule has 1 aromatic carbocycles. The molecule has 3 heteroatoms. The molecule has 1 fully saturated rings. The predicted octanol–water partition coefficient (Wildman–Crippen LogP) is 3.68. The van der Waals surface area contributed by atoms with E-state index in [1.165, 1.54) is 12.8 Å². The van der Waals surface area contributed by atoms with Gasteiger partial charge in [0.2, 0.25) is 0 Å². The molecule has 0 radical (unpaired) electrons. The molecular weight excluding hydrogens is 234 g/mol.